The van der Waals surface area contributed by atoms with E-state index in [1.807, 2.05) is 0 Å². The molecule has 3 heteroatoms. The topological polar surface area (TPSA) is 0 Å². The van der Waals surface area contributed by atoms with Crippen molar-refractivity contribution >= 4 is 26.5 Å². The van der Waals surface area contributed by atoms with Gasteiger partial charge in [0.25, 0.3) is 0 Å². The zero-order valence-electron chi connectivity index (χ0n) is 21.7. The van der Waals surface area contributed by atoms with Crippen LogP contribution in [-0.2, 0) is 17.1 Å². The third kappa shape index (κ3) is 7.07. The van der Waals surface area contributed by atoms with Crippen molar-refractivity contribution in [2.45, 2.75) is 104 Å². The molecule has 186 valence electrons. The zero-order valence-corrected chi connectivity index (χ0v) is 24.6. The smallest absolute Gasteiger partial charge is 0.998 e. The molecule has 33 heavy (non-hydrogen) atoms. The monoisotopic (exact) mass is 518 g/mol. The zero-order chi connectivity index (χ0) is 23.4. The molecule has 2 heterocycles. The van der Waals surface area contributed by atoms with E-state index in [1.54, 1.807) is 0 Å². The second-order valence-corrected chi connectivity index (χ2v) is 16.1. The van der Waals surface area contributed by atoms with Gasteiger partial charge >= 0.3 is 17.1 Å². The summed E-state index contributed by atoms with van der Waals surface area (Å²) in [6.07, 6.45) is 5.55. The summed E-state index contributed by atoms with van der Waals surface area (Å²) >= 11 is 0. The van der Waals surface area contributed by atoms with E-state index in [9.17, 15) is 0 Å². The summed E-state index contributed by atoms with van der Waals surface area (Å²) in [5.74, 6) is 3.14. The maximum atomic E-state index is 3.24. The molecule has 0 amide bonds. The van der Waals surface area contributed by atoms with Gasteiger partial charge in [-0.3, -0.25) is 0 Å². The molecular formula is C30H40FeP2-8. The molecule has 2 saturated heterocycles. The van der Waals surface area contributed by atoms with Crippen molar-refractivity contribution in [3.8, 4) is 0 Å². The Kier molecular flexibility index (Phi) is 11.9. The van der Waals surface area contributed by atoms with E-state index in [0.29, 0.717) is 0 Å². The molecule has 0 saturated carbocycles. The molecule has 2 aromatic carbocycles. The fourth-order valence-corrected chi connectivity index (χ4v) is 13.0. The van der Waals surface area contributed by atoms with Crippen LogP contribution in [0.2, 0.25) is 0 Å². The fourth-order valence-electron chi connectivity index (χ4n) is 5.70. The van der Waals surface area contributed by atoms with E-state index in [2.05, 4.69) is 104 Å². The molecule has 0 spiro atoms. The average Bonchev–Trinajstić information content (AvgIpc) is 3.54. The van der Waals surface area contributed by atoms with Crippen molar-refractivity contribution in [1.82, 2.24) is 0 Å². The number of hydrogen-bond acceptors (Lipinski definition) is 0. The largest absolute Gasteiger partial charge is 2.00 e. The summed E-state index contributed by atoms with van der Waals surface area (Å²) in [5.41, 5.74) is 3.44. The molecule has 4 atom stereocenters. The molecule has 0 N–H and O–H groups in total. The van der Waals surface area contributed by atoms with Gasteiger partial charge in [0.05, 0.1) is 0 Å². The molecule has 4 rings (SSSR count). The maximum absolute atomic E-state index is 3.24. The summed E-state index contributed by atoms with van der Waals surface area (Å²) in [5, 5.41) is 2.59. The van der Waals surface area contributed by atoms with Crippen LogP contribution in [0.1, 0.15) is 81.1 Å². The van der Waals surface area contributed by atoms with Gasteiger partial charge < -0.3 is 75.0 Å². The van der Waals surface area contributed by atoms with E-state index < -0.39 is 0 Å². The Hall–Kier alpha value is 0.0795. The van der Waals surface area contributed by atoms with Crippen LogP contribution in [0, 0.1) is 72.2 Å². The van der Waals surface area contributed by atoms with Crippen LogP contribution >= 0.6 is 15.8 Å². The molecule has 0 aromatic heterocycles. The first-order chi connectivity index (χ1) is 15.2. The molecule has 0 unspecified atom stereocenters. The summed E-state index contributed by atoms with van der Waals surface area (Å²) in [7, 11) is -0.165. The maximum Gasteiger partial charge on any atom is 2.00 e. The van der Waals surface area contributed by atoms with Gasteiger partial charge in [-0.25, -0.2) is 0 Å². The van der Waals surface area contributed by atoms with Crippen LogP contribution in [0.5, 0.6) is 0 Å². The summed E-state index contributed by atoms with van der Waals surface area (Å²) in [6, 6.07) is 24.7. The Labute approximate surface area is 218 Å². The van der Waals surface area contributed by atoms with Crippen LogP contribution < -0.4 is 10.6 Å². The van der Waals surface area contributed by atoms with Crippen LogP contribution in [0.4, 0.5) is 0 Å². The quantitative estimate of drug-likeness (QED) is 0.217. The van der Waals surface area contributed by atoms with Gasteiger partial charge in [-0.1, -0.05) is 55.4 Å². The predicted molar refractivity (Wildman–Crippen MR) is 141 cm³/mol. The van der Waals surface area contributed by atoms with Crippen LogP contribution in [0.15, 0.2) is 0 Å². The molecule has 0 radical (unpaired) electrons. The Morgan fingerprint density at radius 3 is 0.879 bits per heavy atom. The second-order valence-electron chi connectivity index (χ2n) is 10.9. The van der Waals surface area contributed by atoms with Crippen molar-refractivity contribution in [1.29, 1.82) is 0 Å². The van der Waals surface area contributed by atoms with Gasteiger partial charge in [0.1, 0.15) is 0 Å². The van der Waals surface area contributed by atoms with Crippen LogP contribution in [0.25, 0.3) is 0 Å². The molecule has 0 aliphatic carbocycles. The van der Waals surface area contributed by atoms with E-state index in [-0.39, 0.29) is 32.9 Å². The van der Waals surface area contributed by atoms with Gasteiger partial charge in [0.15, 0.2) is 0 Å². The Balaban J connectivity index is 0.000000227. The van der Waals surface area contributed by atoms with Gasteiger partial charge in [-0.15, -0.1) is 0 Å². The van der Waals surface area contributed by atoms with Gasteiger partial charge in [0.2, 0.25) is 0 Å². The fraction of sp³-hybridized carbons (Fsp3) is 0.667. The van der Waals surface area contributed by atoms with Gasteiger partial charge in [-0.05, 0) is 72.0 Å². The van der Waals surface area contributed by atoms with Crippen molar-refractivity contribution in [2.24, 2.45) is 23.7 Å². The molecule has 2 aliphatic heterocycles. The minimum Gasteiger partial charge on any atom is -0.998 e. The van der Waals surface area contributed by atoms with Crippen molar-refractivity contribution < 1.29 is 17.1 Å². The normalized spacial score (nSPS) is 26.3. The average molecular weight is 518 g/mol. The molecule has 0 nitrogen and oxygen atoms in total. The van der Waals surface area contributed by atoms with Crippen LogP contribution in [0.3, 0.4) is 0 Å². The van der Waals surface area contributed by atoms with E-state index in [1.165, 1.54) is 36.3 Å². The van der Waals surface area contributed by atoms with E-state index in [4.69, 9.17) is 0 Å². The SMILES string of the molecule is CC(C)[C@H]1CC[C@H](C(C)C)P1[c-]1[c-][c-][c-][c-]1.CC(C)[C@H]1CC[C@H](C(C)C)P1[c-]1[c-][c-][c-][c-]1.[Fe+2]. The van der Waals surface area contributed by atoms with Crippen molar-refractivity contribution in [3.05, 3.63) is 48.5 Å². The summed E-state index contributed by atoms with van der Waals surface area (Å²) in [6.45, 7) is 18.9. The molecule has 0 bridgehead atoms. The van der Waals surface area contributed by atoms with E-state index in [0.717, 1.165) is 46.3 Å². The second kappa shape index (κ2) is 13.4. The van der Waals surface area contributed by atoms with Crippen molar-refractivity contribution in [2.75, 3.05) is 0 Å². The van der Waals surface area contributed by atoms with Gasteiger partial charge in [0, 0.05) is 0 Å². The minimum absolute atomic E-state index is 0. The standard InChI is InChI=1S/2C15H20P.Fe/c2*1-11(2)14-9-10-15(12(3)4)16(14)13-7-5-6-8-13;/h2*11-12,14-15H,9-10H2,1-4H3;/q2*-5;+2/t2*14-,15-;/m11./s1. The van der Waals surface area contributed by atoms with Gasteiger partial charge in [-0.2, -0.15) is 0 Å². The summed E-state index contributed by atoms with van der Waals surface area (Å²) in [4.78, 5) is 0. The predicted octanol–water partition coefficient (Wildman–Crippen LogP) is 7.11. The first kappa shape index (κ1) is 29.3. The Morgan fingerprint density at radius 1 is 0.485 bits per heavy atom. The summed E-state index contributed by atoms with van der Waals surface area (Å²) < 4.78 is 0. The molecule has 2 aliphatic rings. The number of hydrogen-bond donors (Lipinski definition) is 0. The molecule has 2 fully saturated rings. The Morgan fingerprint density at radius 2 is 0.697 bits per heavy atom. The molecule has 2 aromatic rings. The number of rotatable bonds is 6. The first-order valence-electron chi connectivity index (χ1n) is 12.6. The van der Waals surface area contributed by atoms with Crippen molar-refractivity contribution in [3.63, 3.8) is 0 Å². The minimum atomic E-state index is -0.0826. The van der Waals surface area contributed by atoms with E-state index >= 15 is 0 Å². The Bertz CT molecular complexity index is 661. The van der Waals surface area contributed by atoms with Crippen LogP contribution in [-0.4, -0.2) is 22.6 Å². The molecular weight excluding hydrogens is 478 g/mol. The first-order valence-corrected chi connectivity index (χ1v) is 15.5. The third-order valence-electron chi connectivity index (χ3n) is 7.39. The third-order valence-corrected chi connectivity index (χ3v) is 15.1.